The molecule has 0 aliphatic rings. The number of nitrogens with zero attached hydrogens (tertiary/aromatic N) is 3. The summed E-state index contributed by atoms with van der Waals surface area (Å²) in [5.41, 5.74) is 2.21. The minimum atomic E-state index is -0.314. The normalized spacial score (nSPS) is 10.8. The number of hydrogen-bond donors (Lipinski definition) is 2. The lowest BCUT2D eigenvalue weighted by molar-refractivity contribution is 0.101. The number of anilines is 1. The van der Waals surface area contributed by atoms with Gasteiger partial charge in [-0.05, 0) is 30.3 Å². The van der Waals surface area contributed by atoms with E-state index in [9.17, 15) is 9.59 Å². The number of imidazole rings is 1. The number of nitrogens with one attached hydrogen (secondary N) is 2. The zero-order chi connectivity index (χ0) is 18.1. The van der Waals surface area contributed by atoms with Gasteiger partial charge in [-0.15, -0.1) is 0 Å². The SMILES string of the molecule is Cn1ccnc1C(=O)c1ccc(NC(=O)c2n[nH]c3ccccc23)cc1. The van der Waals surface area contributed by atoms with Crippen LogP contribution in [0.3, 0.4) is 0 Å². The Balaban J connectivity index is 1.53. The fraction of sp³-hybridized carbons (Fsp3) is 0.0526. The highest BCUT2D eigenvalue weighted by Gasteiger charge is 2.16. The minimum absolute atomic E-state index is 0.173. The van der Waals surface area contributed by atoms with Crippen LogP contribution in [0.15, 0.2) is 60.9 Å². The molecular formula is C19H15N5O2. The van der Waals surface area contributed by atoms with Gasteiger partial charge >= 0.3 is 0 Å². The highest BCUT2D eigenvalue weighted by Crippen LogP contribution is 2.18. The standard InChI is InChI=1S/C19H15N5O2/c1-24-11-10-20-18(24)17(25)12-6-8-13(9-7-12)21-19(26)16-14-4-2-3-5-15(14)22-23-16/h2-11H,1H3,(H,21,26)(H,22,23). The van der Waals surface area contributed by atoms with E-state index in [1.54, 1.807) is 48.3 Å². The average Bonchev–Trinajstić information content (AvgIpc) is 3.28. The van der Waals surface area contributed by atoms with Crippen molar-refractivity contribution in [3.63, 3.8) is 0 Å². The van der Waals surface area contributed by atoms with Crippen molar-refractivity contribution in [2.45, 2.75) is 0 Å². The average molecular weight is 345 g/mol. The van der Waals surface area contributed by atoms with E-state index in [-0.39, 0.29) is 11.7 Å². The molecule has 0 unspecified atom stereocenters. The predicted molar refractivity (Wildman–Crippen MR) is 97.1 cm³/mol. The Hall–Kier alpha value is -3.74. The van der Waals surface area contributed by atoms with Gasteiger partial charge in [0.05, 0.1) is 5.52 Å². The lowest BCUT2D eigenvalue weighted by atomic mass is 10.1. The second kappa shape index (κ2) is 6.29. The van der Waals surface area contributed by atoms with Gasteiger partial charge in [0.2, 0.25) is 5.78 Å². The first-order chi connectivity index (χ1) is 12.6. The first kappa shape index (κ1) is 15.8. The summed E-state index contributed by atoms with van der Waals surface area (Å²) in [5.74, 6) is -0.121. The largest absolute Gasteiger partial charge is 0.331 e. The number of aryl methyl sites for hydroxylation is 1. The smallest absolute Gasteiger partial charge is 0.276 e. The second-order valence-corrected chi connectivity index (χ2v) is 5.84. The number of aromatic amines is 1. The predicted octanol–water partition coefficient (Wildman–Crippen LogP) is 2.78. The molecule has 128 valence electrons. The summed E-state index contributed by atoms with van der Waals surface area (Å²) in [6.07, 6.45) is 3.30. The lowest BCUT2D eigenvalue weighted by Gasteiger charge is -2.05. The highest BCUT2D eigenvalue weighted by atomic mass is 16.2. The van der Waals surface area contributed by atoms with Crippen molar-refractivity contribution in [1.82, 2.24) is 19.7 Å². The van der Waals surface area contributed by atoms with Crippen LogP contribution in [0.5, 0.6) is 0 Å². The van der Waals surface area contributed by atoms with Gasteiger partial charge in [0, 0.05) is 36.1 Å². The molecule has 0 radical (unpaired) electrons. The molecule has 0 bridgehead atoms. The summed E-state index contributed by atoms with van der Waals surface area (Å²) in [7, 11) is 1.77. The van der Waals surface area contributed by atoms with Crippen LogP contribution in [0, 0.1) is 0 Å². The number of aromatic nitrogens is 4. The molecule has 0 saturated carbocycles. The van der Waals surface area contributed by atoms with Crippen LogP contribution in [0.25, 0.3) is 10.9 Å². The maximum Gasteiger partial charge on any atom is 0.276 e. The molecule has 2 aromatic carbocycles. The number of hydrogen-bond acceptors (Lipinski definition) is 4. The fourth-order valence-corrected chi connectivity index (χ4v) is 2.75. The van der Waals surface area contributed by atoms with Crippen LogP contribution in [-0.4, -0.2) is 31.4 Å². The molecule has 0 aliphatic carbocycles. The summed E-state index contributed by atoms with van der Waals surface area (Å²) in [6, 6.07) is 14.1. The van der Waals surface area contributed by atoms with Gasteiger partial charge in [-0.2, -0.15) is 5.10 Å². The first-order valence-electron chi connectivity index (χ1n) is 8.00. The number of carbonyl (C=O) groups is 2. The Morgan fingerprint density at radius 3 is 2.58 bits per heavy atom. The van der Waals surface area contributed by atoms with Gasteiger partial charge in [-0.25, -0.2) is 4.98 Å². The molecule has 2 heterocycles. The maximum atomic E-state index is 12.5. The molecule has 4 aromatic rings. The zero-order valence-corrected chi connectivity index (χ0v) is 13.9. The van der Waals surface area contributed by atoms with Crippen LogP contribution in [-0.2, 0) is 7.05 Å². The Bertz CT molecular complexity index is 1110. The molecule has 1 amide bonds. The molecule has 0 spiro atoms. The number of rotatable bonds is 4. The van der Waals surface area contributed by atoms with Crippen LogP contribution in [0.1, 0.15) is 26.7 Å². The number of carbonyl (C=O) groups excluding carboxylic acids is 2. The molecular weight excluding hydrogens is 330 g/mol. The summed E-state index contributed by atoms with van der Waals surface area (Å²) in [5, 5.41) is 10.5. The Morgan fingerprint density at radius 1 is 1.08 bits per heavy atom. The minimum Gasteiger partial charge on any atom is -0.331 e. The molecule has 0 saturated heterocycles. The molecule has 2 N–H and O–H groups in total. The molecule has 0 fully saturated rings. The van der Waals surface area contributed by atoms with E-state index in [0.717, 1.165) is 10.9 Å². The molecule has 0 aliphatic heterocycles. The number of benzene rings is 2. The van der Waals surface area contributed by atoms with E-state index < -0.39 is 0 Å². The van der Waals surface area contributed by atoms with Crippen molar-refractivity contribution >= 4 is 28.3 Å². The third kappa shape index (κ3) is 2.75. The van der Waals surface area contributed by atoms with Crippen LogP contribution in [0.2, 0.25) is 0 Å². The third-order valence-corrected chi connectivity index (χ3v) is 4.11. The van der Waals surface area contributed by atoms with Crippen molar-refractivity contribution < 1.29 is 9.59 Å². The van der Waals surface area contributed by atoms with Gasteiger partial charge in [-0.3, -0.25) is 14.7 Å². The monoisotopic (exact) mass is 345 g/mol. The van der Waals surface area contributed by atoms with E-state index in [4.69, 9.17) is 0 Å². The Labute approximate surface area is 148 Å². The summed E-state index contributed by atoms with van der Waals surface area (Å²) in [6.45, 7) is 0. The molecule has 2 aromatic heterocycles. The lowest BCUT2D eigenvalue weighted by Crippen LogP contribution is -2.13. The van der Waals surface area contributed by atoms with E-state index in [0.29, 0.717) is 22.8 Å². The van der Waals surface area contributed by atoms with E-state index in [1.165, 1.54) is 0 Å². The number of H-pyrrole nitrogens is 1. The fourth-order valence-electron chi connectivity index (χ4n) is 2.75. The third-order valence-electron chi connectivity index (χ3n) is 4.11. The zero-order valence-electron chi connectivity index (χ0n) is 13.9. The maximum absolute atomic E-state index is 12.5. The molecule has 7 heteroatoms. The van der Waals surface area contributed by atoms with Crippen LogP contribution < -0.4 is 5.32 Å². The first-order valence-corrected chi connectivity index (χ1v) is 8.00. The van der Waals surface area contributed by atoms with Crippen molar-refractivity contribution in [3.8, 4) is 0 Å². The quantitative estimate of drug-likeness (QED) is 0.556. The van der Waals surface area contributed by atoms with Crippen molar-refractivity contribution in [1.29, 1.82) is 0 Å². The molecule has 4 rings (SSSR count). The summed E-state index contributed by atoms with van der Waals surface area (Å²) in [4.78, 5) is 28.9. The molecule has 0 atom stereocenters. The van der Waals surface area contributed by atoms with Crippen molar-refractivity contribution in [2.24, 2.45) is 7.05 Å². The van der Waals surface area contributed by atoms with E-state index in [1.807, 2.05) is 24.3 Å². The van der Waals surface area contributed by atoms with Gasteiger partial charge in [0.25, 0.3) is 5.91 Å². The van der Waals surface area contributed by atoms with Gasteiger partial charge in [0.15, 0.2) is 11.5 Å². The Morgan fingerprint density at radius 2 is 1.85 bits per heavy atom. The van der Waals surface area contributed by atoms with Crippen molar-refractivity contribution in [2.75, 3.05) is 5.32 Å². The second-order valence-electron chi connectivity index (χ2n) is 5.84. The van der Waals surface area contributed by atoms with E-state index in [2.05, 4.69) is 20.5 Å². The summed E-state index contributed by atoms with van der Waals surface area (Å²) < 4.78 is 1.67. The van der Waals surface area contributed by atoms with Crippen LogP contribution in [0.4, 0.5) is 5.69 Å². The molecule has 26 heavy (non-hydrogen) atoms. The van der Waals surface area contributed by atoms with Crippen molar-refractivity contribution in [3.05, 3.63) is 78.0 Å². The number of para-hydroxylation sites is 1. The summed E-state index contributed by atoms with van der Waals surface area (Å²) >= 11 is 0. The van der Waals surface area contributed by atoms with Gasteiger partial charge < -0.3 is 9.88 Å². The number of amides is 1. The van der Waals surface area contributed by atoms with Crippen LogP contribution >= 0.6 is 0 Å². The van der Waals surface area contributed by atoms with Gasteiger partial charge in [-0.1, -0.05) is 18.2 Å². The van der Waals surface area contributed by atoms with E-state index >= 15 is 0 Å². The highest BCUT2D eigenvalue weighted by molar-refractivity contribution is 6.11. The number of fused-ring (bicyclic) bond motifs is 1. The van der Waals surface area contributed by atoms with Gasteiger partial charge in [0.1, 0.15) is 0 Å². The topological polar surface area (TPSA) is 92.7 Å². The Kier molecular flexibility index (Phi) is 3.81. The molecule has 7 nitrogen and oxygen atoms in total. The number of ketones is 1.